The van der Waals surface area contributed by atoms with E-state index >= 15 is 0 Å². The number of ether oxygens (including phenoxy) is 1. The summed E-state index contributed by atoms with van der Waals surface area (Å²) in [5, 5.41) is 20.2. The number of aliphatic hydroxyl groups excluding tert-OH is 1. The molecular formula is C30H39FN10O2S. The lowest BCUT2D eigenvalue weighted by Crippen LogP contribution is -2.59. The van der Waals surface area contributed by atoms with Crippen molar-refractivity contribution in [2.75, 3.05) is 61.2 Å². The molecular weight excluding hydrogens is 583 g/mol. The predicted molar refractivity (Wildman–Crippen MR) is 168 cm³/mol. The Labute approximate surface area is 260 Å². The SMILES string of the molecule is COc1nc(N2CC3(CCc4sc(N)c(C#N)c43)C2)nc(N(Cc2cccnc2N)C(C)CO)n1.FC1CC2CCCN2C1. The number of nitrogens with zero attached hydrogens (tertiary/aromatic N) is 8. The van der Waals surface area contributed by atoms with Crippen molar-refractivity contribution in [3.63, 3.8) is 0 Å². The molecule has 3 aromatic heterocycles. The van der Waals surface area contributed by atoms with E-state index in [1.54, 1.807) is 6.20 Å². The fourth-order valence-corrected chi connectivity index (χ4v) is 8.12. The molecule has 0 bridgehead atoms. The molecule has 3 aromatic rings. The number of hydrogen-bond donors (Lipinski definition) is 3. The fraction of sp³-hybridized carbons (Fsp3) is 0.567. The number of pyridine rings is 1. The van der Waals surface area contributed by atoms with Gasteiger partial charge in [0.25, 0.3) is 0 Å². The van der Waals surface area contributed by atoms with Gasteiger partial charge in [-0.25, -0.2) is 9.37 Å². The molecule has 12 nitrogen and oxygen atoms in total. The maximum Gasteiger partial charge on any atom is 0.322 e. The molecule has 3 aliphatic heterocycles. The third-order valence-corrected chi connectivity index (χ3v) is 10.4. The summed E-state index contributed by atoms with van der Waals surface area (Å²) in [5.74, 6) is 1.28. The number of thiophene rings is 1. The van der Waals surface area contributed by atoms with Gasteiger partial charge in [0.1, 0.15) is 23.1 Å². The van der Waals surface area contributed by atoms with Crippen LogP contribution in [0.3, 0.4) is 0 Å². The van der Waals surface area contributed by atoms with Crippen LogP contribution in [0.25, 0.3) is 0 Å². The van der Waals surface area contributed by atoms with Crippen LogP contribution in [0.4, 0.5) is 27.1 Å². The van der Waals surface area contributed by atoms with Crippen LogP contribution in [0.2, 0.25) is 0 Å². The lowest BCUT2D eigenvalue weighted by molar-refractivity contribution is 0.264. The van der Waals surface area contributed by atoms with Gasteiger partial charge in [-0.15, -0.1) is 11.3 Å². The minimum atomic E-state index is -0.518. The molecule has 7 rings (SSSR count). The van der Waals surface area contributed by atoms with Crippen molar-refractivity contribution in [2.24, 2.45) is 0 Å². The van der Waals surface area contributed by atoms with Gasteiger partial charge in [-0.1, -0.05) is 6.07 Å². The number of aromatic nitrogens is 4. The topological polar surface area (TPSA) is 167 Å². The Morgan fingerprint density at radius 1 is 1.32 bits per heavy atom. The third-order valence-electron chi connectivity index (χ3n) is 9.30. The molecule has 3 atom stereocenters. The Morgan fingerprint density at radius 2 is 2.14 bits per heavy atom. The number of halogens is 1. The number of nitriles is 1. The first-order chi connectivity index (χ1) is 21.2. The number of fused-ring (bicyclic) bond motifs is 3. The summed E-state index contributed by atoms with van der Waals surface area (Å²) >= 11 is 1.53. The summed E-state index contributed by atoms with van der Waals surface area (Å²) in [6.07, 6.45) is 6.35. The monoisotopic (exact) mass is 622 g/mol. The molecule has 6 heterocycles. The van der Waals surface area contributed by atoms with E-state index in [-0.39, 0.29) is 24.1 Å². The van der Waals surface area contributed by atoms with E-state index in [2.05, 4.69) is 30.8 Å². The van der Waals surface area contributed by atoms with Gasteiger partial charge in [0.15, 0.2) is 0 Å². The second-order valence-corrected chi connectivity index (χ2v) is 13.3. The van der Waals surface area contributed by atoms with E-state index in [9.17, 15) is 14.8 Å². The summed E-state index contributed by atoms with van der Waals surface area (Å²) < 4.78 is 18.0. The zero-order chi connectivity index (χ0) is 31.0. The van der Waals surface area contributed by atoms with Crippen molar-refractivity contribution in [2.45, 2.75) is 69.2 Å². The van der Waals surface area contributed by atoms with E-state index in [0.29, 0.717) is 60.5 Å². The van der Waals surface area contributed by atoms with Gasteiger partial charge in [-0.3, -0.25) is 4.90 Å². The van der Waals surface area contributed by atoms with Crippen molar-refractivity contribution in [1.29, 1.82) is 5.26 Å². The van der Waals surface area contributed by atoms with Crippen LogP contribution in [0.15, 0.2) is 18.3 Å². The molecule has 44 heavy (non-hydrogen) atoms. The minimum Gasteiger partial charge on any atom is -0.467 e. The van der Waals surface area contributed by atoms with Gasteiger partial charge in [-0.05, 0) is 57.2 Å². The van der Waals surface area contributed by atoms with Crippen LogP contribution in [-0.2, 0) is 18.4 Å². The Morgan fingerprint density at radius 3 is 2.84 bits per heavy atom. The smallest absolute Gasteiger partial charge is 0.322 e. The molecule has 1 aliphatic carbocycles. The van der Waals surface area contributed by atoms with Crippen LogP contribution in [-0.4, -0.2) is 88.1 Å². The third kappa shape index (κ3) is 5.60. The molecule has 4 aliphatic rings. The van der Waals surface area contributed by atoms with Crippen molar-refractivity contribution < 1.29 is 14.2 Å². The Kier molecular flexibility index (Phi) is 8.45. The van der Waals surface area contributed by atoms with Crippen molar-refractivity contribution in [3.05, 3.63) is 39.9 Å². The maximum atomic E-state index is 12.6. The van der Waals surface area contributed by atoms with E-state index in [1.165, 1.54) is 36.2 Å². The lowest BCUT2D eigenvalue weighted by Gasteiger charge is -2.48. The van der Waals surface area contributed by atoms with Gasteiger partial charge in [0, 0.05) is 54.3 Å². The normalized spacial score (nSPS) is 22.0. The van der Waals surface area contributed by atoms with Crippen LogP contribution in [0.1, 0.15) is 54.2 Å². The minimum absolute atomic E-state index is 0.102. The molecule has 1 spiro atoms. The first kappa shape index (κ1) is 30.2. The molecule has 3 fully saturated rings. The van der Waals surface area contributed by atoms with Crippen LogP contribution >= 0.6 is 11.3 Å². The van der Waals surface area contributed by atoms with Gasteiger partial charge in [0.2, 0.25) is 11.9 Å². The largest absolute Gasteiger partial charge is 0.467 e. The first-order valence-electron chi connectivity index (χ1n) is 15.1. The quantitative estimate of drug-likeness (QED) is 0.353. The molecule has 0 radical (unpaired) electrons. The molecule has 0 amide bonds. The molecule has 3 unspecified atom stereocenters. The van der Waals surface area contributed by atoms with Crippen molar-refractivity contribution in [3.8, 4) is 12.1 Å². The Hall–Kier alpha value is -3.80. The van der Waals surface area contributed by atoms with E-state index < -0.39 is 6.17 Å². The number of aryl methyl sites for hydroxylation is 1. The van der Waals surface area contributed by atoms with E-state index in [1.807, 2.05) is 24.0 Å². The zero-order valence-corrected chi connectivity index (χ0v) is 25.9. The number of nitrogen functional groups attached to an aromatic ring is 2. The fourth-order valence-electron chi connectivity index (χ4n) is 6.98. The van der Waals surface area contributed by atoms with Gasteiger partial charge in [0.05, 0.1) is 25.3 Å². The van der Waals surface area contributed by atoms with Gasteiger partial charge < -0.3 is 31.1 Å². The average molecular weight is 623 g/mol. The van der Waals surface area contributed by atoms with Crippen LogP contribution < -0.4 is 26.0 Å². The summed E-state index contributed by atoms with van der Waals surface area (Å²) in [7, 11) is 1.51. The summed E-state index contributed by atoms with van der Waals surface area (Å²) in [5.41, 5.74) is 14.6. The molecule has 14 heteroatoms. The average Bonchev–Trinajstić information content (AvgIpc) is 3.76. The number of aliphatic hydroxyl groups is 1. The van der Waals surface area contributed by atoms with Crippen molar-refractivity contribution in [1.82, 2.24) is 24.8 Å². The number of hydrogen-bond acceptors (Lipinski definition) is 13. The predicted octanol–water partition coefficient (Wildman–Crippen LogP) is 2.66. The zero-order valence-electron chi connectivity index (χ0n) is 25.1. The van der Waals surface area contributed by atoms with Crippen LogP contribution in [0, 0.1) is 11.3 Å². The van der Waals surface area contributed by atoms with Crippen molar-refractivity contribution >= 4 is 34.1 Å². The summed E-state index contributed by atoms with van der Waals surface area (Å²) in [6, 6.07) is 6.51. The lowest BCUT2D eigenvalue weighted by atomic mass is 9.74. The Balaban J connectivity index is 0.000000323. The highest BCUT2D eigenvalue weighted by molar-refractivity contribution is 7.16. The molecule has 0 aromatic carbocycles. The first-order valence-corrected chi connectivity index (χ1v) is 15.9. The van der Waals surface area contributed by atoms with Gasteiger partial charge >= 0.3 is 6.01 Å². The maximum absolute atomic E-state index is 12.6. The molecule has 3 saturated heterocycles. The highest BCUT2D eigenvalue weighted by Gasteiger charge is 2.52. The van der Waals surface area contributed by atoms with E-state index in [4.69, 9.17) is 21.2 Å². The summed E-state index contributed by atoms with van der Waals surface area (Å²) in [4.78, 5) is 25.3. The summed E-state index contributed by atoms with van der Waals surface area (Å²) in [6.45, 7) is 5.36. The van der Waals surface area contributed by atoms with Crippen LogP contribution in [0.5, 0.6) is 6.01 Å². The second-order valence-electron chi connectivity index (χ2n) is 12.1. The highest BCUT2D eigenvalue weighted by atomic mass is 32.1. The standard InChI is InChI=1S/C23H27N9O2S.C7H12FN/c1-13(10-33)32(9-14-4-3-7-27-18(14)25)21-28-20(29-22(30-21)34-2)31-11-23(12-31)6-5-16-17(23)15(8-24)19(26)35-16;8-6-4-7-2-1-3-9(7)5-6/h3-4,7,13,33H,5-6,9-12,26H2,1-2H3,(H2,25,27);6-7H,1-5H2. The molecule has 5 N–H and O–H groups in total. The number of nitrogens with two attached hydrogens (primary N) is 2. The van der Waals surface area contributed by atoms with E-state index in [0.717, 1.165) is 36.9 Å². The number of methoxy groups -OCH3 is 1. The number of anilines is 4. The highest BCUT2D eigenvalue weighted by Crippen LogP contribution is 2.52. The van der Waals surface area contributed by atoms with Gasteiger partial charge in [-0.2, -0.15) is 20.2 Å². The number of rotatable bonds is 7. The molecule has 0 saturated carbocycles. The molecule has 234 valence electrons. The Bertz CT molecular complexity index is 1530. The number of alkyl halides is 1. The second kappa shape index (κ2) is 12.3.